The molecule has 1 aromatic rings. The molecule has 0 amide bonds. The highest BCUT2D eigenvalue weighted by molar-refractivity contribution is 5.35. The number of nitrogens with zero attached hydrogens (tertiary/aromatic N) is 1. The van der Waals surface area contributed by atoms with E-state index in [0.29, 0.717) is 6.54 Å². The molecular weight excluding hydrogens is 243 g/mol. The zero-order valence-corrected chi connectivity index (χ0v) is 10.2. The van der Waals surface area contributed by atoms with Crippen LogP contribution in [0, 0.1) is 0 Å². The van der Waals surface area contributed by atoms with Crippen LogP contribution in [0.2, 0.25) is 0 Å². The van der Waals surface area contributed by atoms with Gasteiger partial charge in [0.1, 0.15) is 5.56 Å². The second kappa shape index (κ2) is 5.18. The molecule has 0 aliphatic carbocycles. The number of rotatable bonds is 3. The quantitative estimate of drug-likeness (QED) is 0.817. The van der Waals surface area contributed by atoms with Crippen molar-refractivity contribution in [3.8, 4) is 5.75 Å². The summed E-state index contributed by atoms with van der Waals surface area (Å²) in [6.45, 7) is 2.70. The van der Waals surface area contributed by atoms with Gasteiger partial charge in [0.2, 0.25) is 0 Å². The first kappa shape index (κ1) is 13.2. The van der Waals surface area contributed by atoms with Gasteiger partial charge in [-0.05, 0) is 31.4 Å². The van der Waals surface area contributed by atoms with Crippen molar-refractivity contribution in [2.24, 2.45) is 0 Å². The van der Waals surface area contributed by atoms with Gasteiger partial charge in [-0.3, -0.25) is 0 Å². The smallest absolute Gasteiger partial charge is 0.405 e. The van der Waals surface area contributed by atoms with E-state index in [1.807, 2.05) is 6.92 Å². The largest absolute Gasteiger partial charge is 0.420 e. The Morgan fingerprint density at radius 3 is 2.72 bits per heavy atom. The number of halogens is 3. The Hall–Kier alpha value is -1.23. The molecule has 5 heteroatoms. The topological polar surface area (TPSA) is 12.5 Å². The lowest BCUT2D eigenvalue weighted by molar-refractivity contribution is -0.144. The number of benzene rings is 1. The molecule has 0 spiro atoms. The van der Waals surface area contributed by atoms with Crippen LogP contribution in [-0.4, -0.2) is 17.6 Å². The van der Waals surface area contributed by atoms with Crippen LogP contribution < -0.4 is 4.84 Å². The minimum atomic E-state index is -4.38. The lowest BCUT2D eigenvalue weighted by Gasteiger charge is -2.24. The molecule has 1 aliphatic heterocycles. The monoisotopic (exact) mass is 259 g/mol. The molecule has 100 valence electrons. The van der Waals surface area contributed by atoms with Gasteiger partial charge in [0.15, 0.2) is 5.75 Å². The fourth-order valence-electron chi connectivity index (χ4n) is 2.24. The molecule has 1 fully saturated rings. The van der Waals surface area contributed by atoms with Crippen LogP contribution in [0.25, 0.3) is 0 Å². The van der Waals surface area contributed by atoms with Crippen LogP contribution in [0.5, 0.6) is 5.75 Å². The predicted molar refractivity (Wildman–Crippen MR) is 62.1 cm³/mol. The number of hydroxylamine groups is 2. The third-order valence-corrected chi connectivity index (χ3v) is 3.20. The van der Waals surface area contributed by atoms with Crippen molar-refractivity contribution < 1.29 is 18.0 Å². The van der Waals surface area contributed by atoms with Crippen molar-refractivity contribution in [2.75, 3.05) is 6.54 Å². The van der Waals surface area contributed by atoms with Crippen molar-refractivity contribution >= 4 is 0 Å². The predicted octanol–water partition coefficient (Wildman–Crippen LogP) is 3.87. The van der Waals surface area contributed by atoms with E-state index in [2.05, 4.69) is 0 Å². The third kappa shape index (κ3) is 2.77. The van der Waals surface area contributed by atoms with E-state index in [9.17, 15) is 13.2 Å². The van der Waals surface area contributed by atoms with Crippen molar-refractivity contribution in [3.05, 3.63) is 29.8 Å². The van der Waals surface area contributed by atoms with Gasteiger partial charge in [-0.15, -0.1) is 5.06 Å². The van der Waals surface area contributed by atoms with E-state index in [0.717, 1.165) is 25.3 Å². The molecule has 1 heterocycles. The Morgan fingerprint density at radius 2 is 2.06 bits per heavy atom. The van der Waals surface area contributed by atoms with E-state index >= 15 is 0 Å². The molecule has 1 aromatic carbocycles. The third-order valence-electron chi connectivity index (χ3n) is 3.20. The summed E-state index contributed by atoms with van der Waals surface area (Å²) in [5.41, 5.74) is -0.716. The minimum absolute atomic E-state index is 0.106. The van der Waals surface area contributed by atoms with Crippen molar-refractivity contribution in [3.63, 3.8) is 0 Å². The molecule has 18 heavy (non-hydrogen) atoms. The summed E-state index contributed by atoms with van der Waals surface area (Å²) in [5, 5.41) is 1.67. The summed E-state index contributed by atoms with van der Waals surface area (Å²) in [7, 11) is 0. The van der Waals surface area contributed by atoms with Crippen LogP contribution in [0.4, 0.5) is 13.2 Å². The molecule has 1 aliphatic rings. The number of hydrogen-bond acceptors (Lipinski definition) is 2. The second-order valence-corrected chi connectivity index (χ2v) is 4.43. The summed E-state index contributed by atoms with van der Waals surface area (Å²) in [4.78, 5) is 5.45. The molecular formula is C13H16F3NO. The SMILES string of the molecule is CCC1CCCN1Oc1ccccc1C(F)(F)F. The Bertz CT molecular complexity index is 405. The van der Waals surface area contributed by atoms with Gasteiger partial charge < -0.3 is 4.84 Å². The molecule has 1 saturated heterocycles. The highest BCUT2D eigenvalue weighted by Crippen LogP contribution is 2.37. The van der Waals surface area contributed by atoms with Gasteiger partial charge in [0, 0.05) is 12.6 Å². The molecule has 1 unspecified atom stereocenters. The van der Waals surface area contributed by atoms with Gasteiger partial charge in [-0.25, -0.2) is 0 Å². The number of hydrogen-bond donors (Lipinski definition) is 0. The second-order valence-electron chi connectivity index (χ2n) is 4.43. The molecule has 0 bridgehead atoms. The average molecular weight is 259 g/mol. The molecule has 0 aromatic heterocycles. The van der Waals surface area contributed by atoms with Gasteiger partial charge in [0.05, 0.1) is 0 Å². The Labute approximate surface area is 104 Å². The van der Waals surface area contributed by atoms with Gasteiger partial charge in [-0.2, -0.15) is 13.2 Å². The van der Waals surface area contributed by atoms with Crippen LogP contribution in [0.1, 0.15) is 31.7 Å². The zero-order chi connectivity index (χ0) is 13.2. The maximum absolute atomic E-state index is 12.8. The van der Waals surface area contributed by atoms with Gasteiger partial charge >= 0.3 is 6.18 Å². The molecule has 1 atom stereocenters. The van der Waals surface area contributed by atoms with Crippen LogP contribution in [0.15, 0.2) is 24.3 Å². The highest BCUT2D eigenvalue weighted by atomic mass is 19.4. The number of alkyl halides is 3. The average Bonchev–Trinajstić information content (AvgIpc) is 2.75. The standard InChI is InChI=1S/C13H16F3NO/c1-2-10-6-5-9-17(10)18-12-8-4-3-7-11(12)13(14,15)16/h3-4,7-8,10H,2,5-6,9H2,1H3. The molecule has 0 N–H and O–H groups in total. The first-order valence-corrected chi connectivity index (χ1v) is 6.13. The van der Waals surface area contributed by atoms with Crippen LogP contribution in [-0.2, 0) is 6.18 Å². The summed E-state index contributed by atoms with van der Waals surface area (Å²) < 4.78 is 38.4. The first-order chi connectivity index (χ1) is 8.52. The molecule has 0 radical (unpaired) electrons. The van der Waals surface area contributed by atoms with Gasteiger partial charge in [-0.1, -0.05) is 19.1 Å². The number of para-hydroxylation sites is 1. The highest BCUT2D eigenvalue weighted by Gasteiger charge is 2.35. The fraction of sp³-hybridized carbons (Fsp3) is 0.538. The minimum Gasteiger partial charge on any atom is -0.405 e. The van der Waals surface area contributed by atoms with E-state index in [1.54, 1.807) is 11.1 Å². The Morgan fingerprint density at radius 1 is 1.33 bits per heavy atom. The summed E-state index contributed by atoms with van der Waals surface area (Å²) in [6.07, 6.45) is -1.55. The Balaban J connectivity index is 2.19. The van der Waals surface area contributed by atoms with Crippen molar-refractivity contribution in [1.29, 1.82) is 0 Å². The first-order valence-electron chi connectivity index (χ1n) is 6.13. The van der Waals surface area contributed by atoms with E-state index in [-0.39, 0.29) is 11.8 Å². The molecule has 2 nitrogen and oxygen atoms in total. The Kier molecular flexibility index (Phi) is 3.80. The van der Waals surface area contributed by atoms with E-state index in [4.69, 9.17) is 4.84 Å². The molecule has 2 rings (SSSR count). The van der Waals surface area contributed by atoms with Crippen molar-refractivity contribution in [1.82, 2.24) is 5.06 Å². The van der Waals surface area contributed by atoms with Crippen LogP contribution in [0.3, 0.4) is 0 Å². The van der Waals surface area contributed by atoms with Gasteiger partial charge in [0.25, 0.3) is 0 Å². The zero-order valence-electron chi connectivity index (χ0n) is 10.2. The maximum atomic E-state index is 12.8. The van der Waals surface area contributed by atoms with Crippen LogP contribution >= 0.6 is 0 Å². The lowest BCUT2D eigenvalue weighted by atomic mass is 10.2. The molecule has 0 saturated carbocycles. The summed E-state index contributed by atoms with van der Waals surface area (Å²) in [6, 6.07) is 5.56. The summed E-state index contributed by atoms with van der Waals surface area (Å²) in [5.74, 6) is -0.106. The van der Waals surface area contributed by atoms with E-state index in [1.165, 1.54) is 12.1 Å². The van der Waals surface area contributed by atoms with Crippen molar-refractivity contribution in [2.45, 2.75) is 38.4 Å². The summed E-state index contributed by atoms with van der Waals surface area (Å²) >= 11 is 0. The maximum Gasteiger partial charge on any atom is 0.420 e. The normalized spacial score (nSPS) is 21.2. The lowest BCUT2D eigenvalue weighted by Crippen LogP contribution is -2.32. The fourth-order valence-corrected chi connectivity index (χ4v) is 2.24. The van der Waals surface area contributed by atoms with E-state index < -0.39 is 11.7 Å².